The van der Waals surface area contributed by atoms with Gasteiger partial charge in [0.15, 0.2) is 0 Å². The first kappa shape index (κ1) is 12.2. The Morgan fingerprint density at radius 3 is 2.31 bits per heavy atom. The maximum absolute atomic E-state index is 11.6. The number of amides is 1. The first-order chi connectivity index (χ1) is 7.29. The van der Waals surface area contributed by atoms with Crippen LogP contribution < -0.4 is 5.32 Å². The van der Waals surface area contributed by atoms with Crippen LogP contribution in [0.2, 0.25) is 0 Å². The molecule has 0 spiro atoms. The van der Waals surface area contributed by atoms with Crippen LogP contribution in [0.15, 0.2) is 18.3 Å². The van der Waals surface area contributed by atoms with Gasteiger partial charge in [-0.05, 0) is 32.9 Å². The van der Waals surface area contributed by atoms with E-state index in [9.17, 15) is 9.59 Å². The summed E-state index contributed by atoms with van der Waals surface area (Å²) in [7, 11) is 0. The molecular formula is C11H14N2O3. The Bertz CT molecular complexity index is 404. The van der Waals surface area contributed by atoms with Crippen molar-refractivity contribution in [2.24, 2.45) is 0 Å². The summed E-state index contributed by atoms with van der Waals surface area (Å²) in [4.78, 5) is 25.9. The van der Waals surface area contributed by atoms with E-state index in [1.165, 1.54) is 18.3 Å². The molecule has 0 saturated carbocycles. The monoisotopic (exact) mass is 222 g/mol. The van der Waals surface area contributed by atoms with Gasteiger partial charge in [-0.25, -0.2) is 9.78 Å². The standard InChI is InChI=1S/C11H14N2O3/c1-11(2,3)13-9(14)7-4-5-8(10(15)16)12-6-7/h4-6H,1-3H3,(H,13,14)(H,15,16). The lowest BCUT2D eigenvalue weighted by molar-refractivity contribution is 0.0689. The van der Waals surface area contributed by atoms with Crippen molar-refractivity contribution < 1.29 is 14.7 Å². The molecule has 0 aliphatic rings. The topological polar surface area (TPSA) is 79.3 Å². The van der Waals surface area contributed by atoms with Gasteiger partial charge in [-0.1, -0.05) is 0 Å². The molecule has 1 amide bonds. The summed E-state index contributed by atoms with van der Waals surface area (Å²) in [6, 6.07) is 2.75. The summed E-state index contributed by atoms with van der Waals surface area (Å²) >= 11 is 0. The van der Waals surface area contributed by atoms with Crippen LogP contribution in [0.25, 0.3) is 0 Å². The number of aromatic carboxylic acids is 1. The average molecular weight is 222 g/mol. The fourth-order valence-corrected chi connectivity index (χ4v) is 1.07. The molecule has 2 N–H and O–H groups in total. The van der Waals surface area contributed by atoms with Gasteiger partial charge < -0.3 is 10.4 Å². The Labute approximate surface area is 93.5 Å². The third-order valence-electron chi connectivity index (χ3n) is 1.73. The maximum atomic E-state index is 11.6. The minimum atomic E-state index is -1.11. The average Bonchev–Trinajstić information content (AvgIpc) is 2.15. The van der Waals surface area contributed by atoms with E-state index in [2.05, 4.69) is 10.3 Å². The van der Waals surface area contributed by atoms with Gasteiger partial charge in [0.25, 0.3) is 5.91 Å². The fourth-order valence-electron chi connectivity index (χ4n) is 1.07. The van der Waals surface area contributed by atoms with E-state index in [1.807, 2.05) is 20.8 Å². The molecule has 0 bridgehead atoms. The van der Waals surface area contributed by atoms with Crippen LogP contribution in [0.5, 0.6) is 0 Å². The molecule has 0 aromatic carbocycles. The number of nitrogens with one attached hydrogen (secondary N) is 1. The molecule has 1 heterocycles. The lowest BCUT2D eigenvalue weighted by Gasteiger charge is -2.20. The van der Waals surface area contributed by atoms with Crippen molar-refractivity contribution in [2.45, 2.75) is 26.3 Å². The third kappa shape index (κ3) is 3.34. The smallest absolute Gasteiger partial charge is 0.354 e. The van der Waals surface area contributed by atoms with Crippen molar-refractivity contribution in [3.05, 3.63) is 29.6 Å². The molecular weight excluding hydrogens is 208 g/mol. The predicted molar refractivity (Wildman–Crippen MR) is 58.4 cm³/mol. The van der Waals surface area contributed by atoms with Gasteiger partial charge in [-0.3, -0.25) is 4.79 Å². The highest BCUT2D eigenvalue weighted by Crippen LogP contribution is 2.04. The summed E-state index contributed by atoms with van der Waals surface area (Å²) in [6.45, 7) is 5.60. The largest absolute Gasteiger partial charge is 0.477 e. The Kier molecular flexibility index (Phi) is 3.27. The van der Waals surface area contributed by atoms with Crippen LogP contribution in [0.4, 0.5) is 0 Å². The molecule has 16 heavy (non-hydrogen) atoms. The van der Waals surface area contributed by atoms with Gasteiger partial charge in [0.2, 0.25) is 0 Å². The molecule has 5 nitrogen and oxygen atoms in total. The van der Waals surface area contributed by atoms with E-state index in [1.54, 1.807) is 0 Å². The normalized spacial score (nSPS) is 10.9. The van der Waals surface area contributed by atoms with Gasteiger partial charge in [-0.2, -0.15) is 0 Å². The Morgan fingerprint density at radius 1 is 1.31 bits per heavy atom. The van der Waals surface area contributed by atoms with Crippen molar-refractivity contribution in [1.82, 2.24) is 10.3 Å². The molecule has 0 saturated heterocycles. The van der Waals surface area contributed by atoms with E-state index in [0.717, 1.165) is 0 Å². The van der Waals surface area contributed by atoms with Gasteiger partial charge in [0.05, 0.1) is 5.56 Å². The number of hydrogen-bond donors (Lipinski definition) is 2. The minimum absolute atomic E-state index is 0.0766. The van der Waals surface area contributed by atoms with Crippen LogP contribution >= 0.6 is 0 Å². The highest BCUT2D eigenvalue weighted by molar-refractivity contribution is 5.95. The molecule has 1 aromatic rings. The second-order valence-electron chi connectivity index (χ2n) is 4.44. The van der Waals surface area contributed by atoms with Gasteiger partial charge in [-0.15, -0.1) is 0 Å². The SMILES string of the molecule is CC(C)(C)NC(=O)c1ccc(C(=O)O)nc1. The van der Waals surface area contributed by atoms with Gasteiger partial charge in [0, 0.05) is 11.7 Å². The van der Waals surface area contributed by atoms with Gasteiger partial charge >= 0.3 is 5.97 Å². The molecule has 1 aromatic heterocycles. The lowest BCUT2D eigenvalue weighted by Crippen LogP contribution is -2.40. The van der Waals surface area contributed by atoms with E-state index in [-0.39, 0.29) is 17.1 Å². The number of aromatic nitrogens is 1. The number of pyridine rings is 1. The molecule has 0 atom stereocenters. The van der Waals surface area contributed by atoms with Crippen LogP contribution in [-0.2, 0) is 0 Å². The van der Waals surface area contributed by atoms with Crippen LogP contribution in [0.1, 0.15) is 41.6 Å². The van der Waals surface area contributed by atoms with Crippen molar-refractivity contribution in [1.29, 1.82) is 0 Å². The minimum Gasteiger partial charge on any atom is -0.477 e. The highest BCUT2D eigenvalue weighted by Gasteiger charge is 2.15. The predicted octanol–water partition coefficient (Wildman–Crippen LogP) is 1.31. The van der Waals surface area contributed by atoms with Crippen molar-refractivity contribution in [3.8, 4) is 0 Å². The summed E-state index contributed by atoms with van der Waals surface area (Å²) in [5.74, 6) is -1.38. The lowest BCUT2D eigenvalue weighted by atomic mass is 10.1. The number of carboxylic acids is 1. The van der Waals surface area contributed by atoms with Crippen molar-refractivity contribution >= 4 is 11.9 Å². The fraction of sp³-hybridized carbons (Fsp3) is 0.364. The first-order valence-corrected chi connectivity index (χ1v) is 4.81. The molecule has 1 rings (SSSR count). The highest BCUT2D eigenvalue weighted by atomic mass is 16.4. The zero-order valence-electron chi connectivity index (χ0n) is 9.44. The maximum Gasteiger partial charge on any atom is 0.354 e. The second-order valence-corrected chi connectivity index (χ2v) is 4.44. The quantitative estimate of drug-likeness (QED) is 0.790. The number of carboxylic acid groups (broad SMARTS) is 1. The third-order valence-corrected chi connectivity index (χ3v) is 1.73. The number of carbonyl (C=O) groups excluding carboxylic acids is 1. The molecule has 0 aliphatic heterocycles. The van der Waals surface area contributed by atoms with Gasteiger partial charge in [0.1, 0.15) is 5.69 Å². The van der Waals surface area contributed by atoms with E-state index in [0.29, 0.717) is 5.56 Å². The molecule has 0 radical (unpaired) electrons. The van der Waals surface area contributed by atoms with Crippen molar-refractivity contribution in [2.75, 3.05) is 0 Å². The second kappa shape index (κ2) is 4.30. The number of nitrogens with zero attached hydrogens (tertiary/aromatic N) is 1. The Hall–Kier alpha value is -1.91. The number of rotatable bonds is 2. The molecule has 5 heteroatoms. The molecule has 86 valence electrons. The molecule has 0 unspecified atom stereocenters. The van der Waals surface area contributed by atoms with E-state index >= 15 is 0 Å². The van der Waals surface area contributed by atoms with E-state index in [4.69, 9.17) is 5.11 Å². The van der Waals surface area contributed by atoms with E-state index < -0.39 is 5.97 Å². The molecule has 0 fully saturated rings. The Balaban J connectivity index is 2.82. The first-order valence-electron chi connectivity index (χ1n) is 4.81. The van der Waals surface area contributed by atoms with Crippen LogP contribution in [-0.4, -0.2) is 27.5 Å². The summed E-state index contributed by atoms with van der Waals surface area (Å²) in [6.07, 6.45) is 1.25. The number of carbonyl (C=O) groups is 2. The molecule has 0 aliphatic carbocycles. The Morgan fingerprint density at radius 2 is 1.94 bits per heavy atom. The summed E-state index contributed by atoms with van der Waals surface area (Å²) in [5, 5.41) is 11.4. The zero-order valence-corrected chi connectivity index (χ0v) is 9.44. The van der Waals surface area contributed by atoms with Crippen LogP contribution in [0, 0.1) is 0 Å². The summed E-state index contributed by atoms with van der Waals surface area (Å²) in [5.41, 5.74) is -0.0602. The number of hydrogen-bond acceptors (Lipinski definition) is 3. The zero-order chi connectivity index (χ0) is 12.3. The summed E-state index contributed by atoms with van der Waals surface area (Å²) < 4.78 is 0. The van der Waals surface area contributed by atoms with Crippen LogP contribution in [0.3, 0.4) is 0 Å². The van der Waals surface area contributed by atoms with Crippen molar-refractivity contribution in [3.63, 3.8) is 0 Å².